The van der Waals surface area contributed by atoms with Gasteiger partial charge in [0.05, 0.1) is 13.3 Å². The zero-order chi connectivity index (χ0) is 26.2. The van der Waals surface area contributed by atoms with Crippen LogP contribution in [-0.4, -0.2) is 72.6 Å². The summed E-state index contributed by atoms with van der Waals surface area (Å²) in [5, 5.41) is 13.7. The van der Waals surface area contributed by atoms with Gasteiger partial charge in [-0.2, -0.15) is 0 Å². The van der Waals surface area contributed by atoms with E-state index in [2.05, 4.69) is 5.10 Å². The van der Waals surface area contributed by atoms with Crippen molar-refractivity contribution >= 4 is 40.1 Å². The predicted molar refractivity (Wildman–Crippen MR) is 139 cm³/mol. The summed E-state index contributed by atoms with van der Waals surface area (Å²) < 4.78 is 30.1. The first-order valence-electron chi connectivity index (χ1n) is 10.3. The van der Waals surface area contributed by atoms with Gasteiger partial charge < -0.3 is 29.4 Å². The lowest BCUT2D eigenvalue weighted by Crippen LogP contribution is -2.28. The summed E-state index contributed by atoms with van der Waals surface area (Å²) in [7, 11) is -7.17. The highest BCUT2D eigenvalue weighted by atomic mass is 32.4. The maximum Gasteiger partial charge on any atom is 0.355 e. The molecule has 0 fully saturated rings. The molecule has 0 radical (unpaired) electrons. The number of phenols is 1. The maximum atomic E-state index is 11.3. The van der Waals surface area contributed by atoms with Crippen LogP contribution in [0.3, 0.4) is 0 Å². The minimum absolute atomic E-state index is 0.0636. The first-order chi connectivity index (χ1) is 16.2. The van der Waals surface area contributed by atoms with Crippen LogP contribution >= 0.6 is 22.0 Å². The molecule has 2 aromatic rings. The lowest BCUT2D eigenvalue weighted by molar-refractivity contribution is 0.279. The molecule has 2 unspecified atom stereocenters. The van der Waals surface area contributed by atoms with E-state index in [1.807, 2.05) is 6.92 Å². The Morgan fingerprint density at radius 3 is 2.09 bits per heavy atom. The van der Waals surface area contributed by atoms with Crippen LogP contribution in [0, 0.1) is 0 Å². The van der Waals surface area contributed by atoms with Crippen LogP contribution in [0.25, 0.3) is 0 Å². The molecule has 0 saturated carbocycles. The Bertz CT molecular complexity index is 1080. The number of hydrazone groups is 1. The lowest BCUT2D eigenvalue weighted by atomic mass is 10.1. The molecule has 2 rings (SSSR count). The molecule has 0 bridgehead atoms. The van der Waals surface area contributed by atoms with Gasteiger partial charge in [0.2, 0.25) is 0 Å². The number of hydrogen-bond donors (Lipinski definition) is 5. The molecule has 15 heteroatoms. The molecule has 0 aliphatic rings. The number of phenolic OH excluding ortho intramolecular Hbond substituents is 1. The van der Waals surface area contributed by atoms with E-state index in [4.69, 9.17) is 36.1 Å². The van der Waals surface area contributed by atoms with Crippen molar-refractivity contribution in [2.75, 3.05) is 26.2 Å². The summed E-state index contributed by atoms with van der Waals surface area (Å²) in [4.78, 5) is 37.7. The topological polar surface area (TPSA) is 163 Å². The summed E-state index contributed by atoms with van der Waals surface area (Å²) in [5.74, 6) is 0.431. The molecular weight excluding hydrogens is 535 g/mol. The van der Waals surface area contributed by atoms with Crippen molar-refractivity contribution in [3.05, 3.63) is 59.7 Å². The lowest BCUT2D eigenvalue weighted by Gasteiger charge is -2.23. The van der Waals surface area contributed by atoms with Crippen LogP contribution in [-0.2, 0) is 27.4 Å². The van der Waals surface area contributed by atoms with Gasteiger partial charge in [-0.3, -0.25) is 14.0 Å². The fourth-order valence-corrected chi connectivity index (χ4v) is 5.74. The van der Waals surface area contributed by atoms with Crippen LogP contribution < -0.4 is 4.74 Å². The van der Waals surface area contributed by atoms with Crippen LogP contribution in [0.4, 0.5) is 0 Å². The minimum Gasteiger partial charge on any atom is -0.508 e. The average Bonchev–Trinajstić information content (AvgIpc) is 2.75. The minimum atomic E-state index is -4.46. The van der Waals surface area contributed by atoms with Gasteiger partial charge in [0.15, 0.2) is 11.8 Å². The second-order valence-electron chi connectivity index (χ2n) is 7.75. The molecule has 0 aliphatic carbocycles. The molecule has 2 atom stereocenters. The zero-order valence-electron chi connectivity index (χ0n) is 19.2. The first kappa shape index (κ1) is 29.5. The van der Waals surface area contributed by atoms with Gasteiger partial charge >= 0.3 is 22.0 Å². The van der Waals surface area contributed by atoms with Crippen molar-refractivity contribution in [3.63, 3.8) is 0 Å². The third-order valence-corrected chi connectivity index (χ3v) is 9.12. The molecule has 192 valence electrons. The van der Waals surface area contributed by atoms with Crippen LogP contribution in [0.1, 0.15) is 18.1 Å². The number of benzene rings is 2. The summed E-state index contributed by atoms with van der Waals surface area (Å²) in [5.41, 5.74) is 1.63. The van der Waals surface area contributed by atoms with E-state index in [0.717, 1.165) is 16.0 Å². The first-order valence-corrected chi connectivity index (χ1v) is 16.3. The van der Waals surface area contributed by atoms with Crippen LogP contribution in [0.5, 0.6) is 11.5 Å². The van der Waals surface area contributed by atoms with E-state index in [0.29, 0.717) is 12.2 Å². The molecule has 2 aromatic carbocycles. The highest BCUT2D eigenvalue weighted by Gasteiger charge is 2.28. The summed E-state index contributed by atoms with van der Waals surface area (Å²) in [6, 6.07) is 13.6. The second-order valence-corrected chi connectivity index (χ2v) is 14.0. The summed E-state index contributed by atoms with van der Waals surface area (Å²) >= 11 is 5.58. The van der Waals surface area contributed by atoms with Crippen molar-refractivity contribution in [2.24, 2.45) is 5.10 Å². The quantitative estimate of drug-likeness (QED) is 0.138. The van der Waals surface area contributed by atoms with E-state index >= 15 is 0 Å². The molecule has 0 amide bonds. The molecule has 0 heterocycles. The smallest absolute Gasteiger partial charge is 0.355 e. The predicted octanol–water partition coefficient (Wildman–Crippen LogP) is 3.06. The largest absolute Gasteiger partial charge is 0.508 e. The highest BCUT2D eigenvalue weighted by Crippen LogP contribution is 2.41. The number of aromatic hydroxyl groups is 1. The van der Waals surface area contributed by atoms with Gasteiger partial charge in [-0.1, -0.05) is 12.1 Å². The molecule has 35 heavy (non-hydrogen) atoms. The second kappa shape index (κ2) is 13.0. The number of hydrogen-bond acceptors (Lipinski definition) is 7. The molecule has 0 saturated heterocycles. The molecule has 0 aliphatic heterocycles. The monoisotopic (exact) mass is 564 g/mol. The van der Waals surface area contributed by atoms with Crippen molar-refractivity contribution in [3.8, 4) is 11.5 Å². The van der Waals surface area contributed by atoms with Crippen molar-refractivity contribution in [2.45, 2.75) is 19.2 Å². The van der Waals surface area contributed by atoms with E-state index < -0.39 is 34.6 Å². The fourth-order valence-electron chi connectivity index (χ4n) is 2.97. The number of ether oxygens (including phenoxy) is 1. The van der Waals surface area contributed by atoms with Gasteiger partial charge in [-0.05, 0) is 53.9 Å². The van der Waals surface area contributed by atoms with Gasteiger partial charge in [-0.25, -0.2) is 0 Å². The van der Waals surface area contributed by atoms with Crippen LogP contribution in [0.2, 0.25) is 0 Å². The van der Waals surface area contributed by atoms with E-state index in [1.54, 1.807) is 66.6 Å². The Labute approximate surface area is 209 Å². The highest BCUT2D eigenvalue weighted by molar-refractivity contribution is 8.04. The van der Waals surface area contributed by atoms with Crippen molar-refractivity contribution in [1.29, 1.82) is 0 Å². The summed E-state index contributed by atoms with van der Waals surface area (Å²) in [6.07, 6.45) is 0.507. The molecule has 11 nitrogen and oxygen atoms in total. The fraction of sp³-hybridized carbons (Fsp3) is 0.350. The number of nitrogens with zero attached hydrogens (tertiary/aromatic N) is 3. The Morgan fingerprint density at radius 2 is 1.57 bits per heavy atom. The molecule has 0 spiro atoms. The van der Waals surface area contributed by atoms with Crippen molar-refractivity contribution in [1.82, 2.24) is 9.68 Å². The van der Waals surface area contributed by atoms with Gasteiger partial charge in [0, 0.05) is 13.5 Å². The maximum absolute atomic E-state index is 11.3. The average molecular weight is 564 g/mol. The van der Waals surface area contributed by atoms with E-state index in [9.17, 15) is 14.2 Å². The SMILES string of the molecule is CC(Oc1ccc(CCN(CP(=O)(O)O)CP(=O)(O)O)cc1)[P+](=S)N(C)N=Cc1ccc(O)cc1. The zero-order valence-corrected chi connectivity index (χ0v) is 22.7. The third-order valence-electron chi connectivity index (χ3n) is 4.58. The third kappa shape index (κ3) is 11.7. The Kier molecular flexibility index (Phi) is 11.0. The summed E-state index contributed by atoms with van der Waals surface area (Å²) in [6.45, 7) is 0.726. The van der Waals surface area contributed by atoms with E-state index in [1.165, 1.54) is 0 Å². The van der Waals surface area contributed by atoms with Crippen LogP contribution in [0.15, 0.2) is 53.6 Å². The number of rotatable bonds is 13. The molecular formula is C20H29N3O8P3S+. The molecule has 5 N–H and O–H groups in total. The van der Waals surface area contributed by atoms with Gasteiger partial charge in [0.25, 0.3) is 5.85 Å². The molecule has 0 aromatic heterocycles. The normalized spacial score (nSPS) is 13.7. The van der Waals surface area contributed by atoms with E-state index in [-0.39, 0.29) is 18.1 Å². The van der Waals surface area contributed by atoms with Crippen molar-refractivity contribution < 1.29 is 38.5 Å². The van der Waals surface area contributed by atoms with Gasteiger partial charge in [-0.15, -0.1) is 9.88 Å². The van der Waals surface area contributed by atoms with Gasteiger partial charge in [0.1, 0.15) is 24.1 Å². The standard InChI is InChI=1S/C20H28N3O8P3S/c1-16(32(35)22(2)21-13-18-3-7-19(24)8-4-18)31-20-9-5-17(6-10-20)11-12-23(14-33(25,26)27)15-34(28,29)30/h3-10,13,16H,11-12,14-15H2,1-2H3,(H4-,21,24,25,26,27,28,29,30)/p+1. The Balaban J connectivity index is 1.91. The Morgan fingerprint density at radius 1 is 1.03 bits per heavy atom. The Hall–Kier alpha value is -1.71.